The number of hydrogen-bond acceptors (Lipinski definition) is 5. The van der Waals surface area contributed by atoms with E-state index in [9.17, 15) is 4.79 Å². The van der Waals surface area contributed by atoms with Gasteiger partial charge in [-0.1, -0.05) is 17.7 Å². The smallest absolute Gasteiger partial charge is 0.334 e. The molecule has 0 spiro atoms. The van der Waals surface area contributed by atoms with Crippen molar-refractivity contribution in [3.05, 3.63) is 71.5 Å². The first-order valence-electron chi connectivity index (χ1n) is 10.1. The van der Waals surface area contributed by atoms with E-state index >= 15 is 0 Å². The van der Waals surface area contributed by atoms with E-state index in [0.717, 1.165) is 33.9 Å². The average molecular weight is 415 g/mol. The largest absolute Gasteiger partial charge is 0.492 e. The molecule has 31 heavy (non-hydrogen) atoms. The molecule has 0 unspecified atom stereocenters. The van der Waals surface area contributed by atoms with Crippen LogP contribution in [0.5, 0.6) is 5.75 Å². The summed E-state index contributed by atoms with van der Waals surface area (Å²) in [5.74, 6) is 0.633. The van der Waals surface area contributed by atoms with Gasteiger partial charge in [0, 0.05) is 36.3 Å². The summed E-state index contributed by atoms with van der Waals surface area (Å²) in [7, 11) is 1.69. The Hall–Kier alpha value is -3.87. The third-order valence-corrected chi connectivity index (χ3v) is 5.15. The van der Waals surface area contributed by atoms with Gasteiger partial charge in [0.05, 0.1) is 36.4 Å². The Morgan fingerprint density at radius 2 is 1.90 bits per heavy atom. The van der Waals surface area contributed by atoms with E-state index in [1.807, 2.05) is 56.3 Å². The lowest BCUT2D eigenvalue weighted by molar-refractivity contribution is 0.252. The molecule has 7 heteroatoms. The van der Waals surface area contributed by atoms with Gasteiger partial charge in [0.15, 0.2) is 0 Å². The van der Waals surface area contributed by atoms with Crippen LogP contribution in [0.1, 0.15) is 23.7 Å². The van der Waals surface area contributed by atoms with Crippen molar-refractivity contribution in [1.29, 1.82) is 0 Å². The number of aromatic nitrogens is 1. The fourth-order valence-corrected chi connectivity index (χ4v) is 3.59. The first-order chi connectivity index (χ1) is 15.0. The number of aliphatic imine (C=N–C) groups is 1. The van der Waals surface area contributed by atoms with Gasteiger partial charge in [0.2, 0.25) is 0 Å². The minimum Gasteiger partial charge on any atom is -0.492 e. The Morgan fingerprint density at radius 1 is 1.16 bits per heavy atom. The third kappa shape index (κ3) is 3.94. The molecule has 0 saturated heterocycles. The molecule has 1 aliphatic heterocycles. The number of aryl methyl sites for hydroxylation is 1. The minimum absolute atomic E-state index is 0.170. The molecule has 158 valence electrons. The molecule has 0 radical (unpaired) electrons. The number of fused-ring (bicyclic) bond motifs is 1. The number of carbonyl (C=O) groups excluding carboxylic acids is 1. The highest BCUT2D eigenvalue weighted by Crippen LogP contribution is 2.38. The Balaban J connectivity index is 1.83. The molecule has 0 bridgehead atoms. The van der Waals surface area contributed by atoms with Crippen LogP contribution in [-0.2, 0) is 6.54 Å². The second-order valence-electron chi connectivity index (χ2n) is 7.31. The van der Waals surface area contributed by atoms with Crippen LogP contribution < -0.4 is 20.3 Å². The molecule has 2 amide bonds. The molecule has 1 aliphatic rings. The van der Waals surface area contributed by atoms with Gasteiger partial charge < -0.3 is 10.5 Å². The lowest BCUT2D eigenvalue weighted by Gasteiger charge is -2.36. The van der Waals surface area contributed by atoms with E-state index in [0.29, 0.717) is 24.6 Å². The lowest BCUT2D eigenvalue weighted by Crippen LogP contribution is -2.45. The first-order valence-corrected chi connectivity index (χ1v) is 10.1. The second kappa shape index (κ2) is 8.47. The maximum atomic E-state index is 13.7. The molecule has 3 aromatic rings. The molecular formula is C24H25N5O2. The topological polar surface area (TPSA) is 84.0 Å². The molecule has 4 rings (SSSR count). The van der Waals surface area contributed by atoms with Gasteiger partial charge in [0.25, 0.3) is 0 Å². The summed E-state index contributed by atoms with van der Waals surface area (Å²) in [6.07, 6.45) is 3.38. The number of hydrogen-bond donors (Lipinski definition) is 1. The maximum Gasteiger partial charge on any atom is 0.334 e. The fourth-order valence-electron chi connectivity index (χ4n) is 3.59. The van der Waals surface area contributed by atoms with Gasteiger partial charge in [-0.05, 0) is 44.2 Å². The van der Waals surface area contributed by atoms with Gasteiger partial charge in [-0.3, -0.25) is 19.8 Å². The molecule has 0 atom stereocenters. The van der Waals surface area contributed by atoms with Crippen molar-refractivity contribution in [1.82, 2.24) is 4.98 Å². The molecule has 2 heterocycles. The van der Waals surface area contributed by atoms with Crippen molar-refractivity contribution in [2.45, 2.75) is 20.4 Å². The Labute approximate surface area is 181 Å². The van der Waals surface area contributed by atoms with Crippen molar-refractivity contribution < 1.29 is 9.53 Å². The first kappa shape index (κ1) is 20.4. The number of ether oxygens (including phenoxy) is 1. The number of nitrogen functional groups attached to an aromatic ring is 1. The molecule has 2 aromatic carbocycles. The van der Waals surface area contributed by atoms with Crippen LogP contribution in [0.3, 0.4) is 0 Å². The summed E-state index contributed by atoms with van der Waals surface area (Å²) in [5, 5.41) is 0. The van der Waals surface area contributed by atoms with Crippen molar-refractivity contribution in [3.8, 4) is 5.75 Å². The van der Waals surface area contributed by atoms with Crippen molar-refractivity contribution in [2.24, 2.45) is 4.99 Å². The molecule has 1 aromatic heterocycles. The van der Waals surface area contributed by atoms with E-state index in [1.54, 1.807) is 35.3 Å². The average Bonchev–Trinajstić information content (AvgIpc) is 2.76. The predicted octanol–water partition coefficient (Wildman–Crippen LogP) is 4.70. The van der Waals surface area contributed by atoms with E-state index in [4.69, 9.17) is 10.5 Å². The maximum absolute atomic E-state index is 13.7. The van der Waals surface area contributed by atoms with Crippen LogP contribution in [0.2, 0.25) is 0 Å². The predicted molar refractivity (Wildman–Crippen MR) is 125 cm³/mol. The van der Waals surface area contributed by atoms with Gasteiger partial charge >= 0.3 is 6.03 Å². The summed E-state index contributed by atoms with van der Waals surface area (Å²) in [6.45, 7) is 4.80. The van der Waals surface area contributed by atoms with Crippen LogP contribution in [0.25, 0.3) is 0 Å². The van der Waals surface area contributed by atoms with Crippen LogP contribution in [0.4, 0.5) is 27.5 Å². The van der Waals surface area contributed by atoms with Gasteiger partial charge in [-0.2, -0.15) is 0 Å². The SMILES string of the molecule is CCOc1cnc2c(c1)N(c1ccc(C)cc1)C(=O)N(c1ccc(N)c(C=NC)c1)C2. The van der Waals surface area contributed by atoms with Crippen LogP contribution >= 0.6 is 0 Å². The molecule has 0 saturated carbocycles. The number of nitrogens with two attached hydrogens (primary N) is 1. The highest BCUT2D eigenvalue weighted by atomic mass is 16.5. The fraction of sp³-hybridized carbons (Fsp3) is 0.208. The zero-order valence-electron chi connectivity index (χ0n) is 17.9. The summed E-state index contributed by atoms with van der Waals surface area (Å²) < 4.78 is 5.64. The quantitative estimate of drug-likeness (QED) is 0.484. The Morgan fingerprint density at radius 3 is 2.61 bits per heavy atom. The molecule has 2 N–H and O–H groups in total. The Bertz CT molecular complexity index is 1140. The molecule has 7 nitrogen and oxygen atoms in total. The van der Waals surface area contributed by atoms with E-state index in [2.05, 4.69) is 9.98 Å². The monoisotopic (exact) mass is 415 g/mol. The number of nitrogens with zero attached hydrogens (tertiary/aromatic N) is 4. The number of urea groups is 1. The summed E-state index contributed by atoms with van der Waals surface area (Å²) in [6, 6.07) is 15.0. The lowest BCUT2D eigenvalue weighted by atomic mass is 10.1. The standard InChI is InChI=1S/C24H25N5O2/c1-4-31-20-12-23-22(27-14-20)15-28(19-9-10-21(25)17(11-19)13-26-3)24(30)29(23)18-7-5-16(2)6-8-18/h5-14H,4,15,25H2,1-3H3. The normalized spacial score (nSPS) is 13.6. The highest BCUT2D eigenvalue weighted by molar-refractivity contribution is 6.11. The summed E-state index contributed by atoms with van der Waals surface area (Å²) in [5.41, 5.74) is 11.6. The number of benzene rings is 2. The third-order valence-electron chi connectivity index (χ3n) is 5.15. The van der Waals surface area contributed by atoms with E-state index in [-0.39, 0.29) is 6.03 Å². The molecule has 0 aliphatic carbocycles. The van der Waals surface area contributed by atoms with E-state index < -0.39 is 0 Å². The zero-order valence-corrected chi connectivity index (χ0v) is 17.9. The van der Waals surface area contributed by atoms with Crippen LogP contribution in [-0.4, -0.2) is 30.9 Å². The van der Waals surface area contributed by atoms with Crippen molar-refractivity contribution in [2.75, 3.05) is 29.2 Å². The van der Waals surface area contributed by atoms with Gasteiger partial charge in [-0.15, -0.1) is 0 Å². The van der Waals surface area contributed by atoms with Crippen LogP contribution in [0, 0.1) is 6.92 Å². The summed E-state index contributed by atoms with van der Waals surface area (Å²) >= 11 is 0. The van der Waals surface area contributed by atoms with Crippen molar-refractivity contribution >= 4 is 35.0 Å². The molecule has 0 fully saturated rings. The number of carbonyl (C=O) groups is 1. The zero-order chi connectivity index (χ0) is 22.0. The number of pyridine rings is 1. The second-order valence-corrected chi connectivity index (χ2v) is 7.31. The van der Waals surface area contributed by atoms with Crippen molar-refractivity contribution in [3.63, 3.8) is 0 Å². The Kier molecular flexibility index (Phi) is 5.58. The minimum atomic E-state index is -0.170. The van der Waals surface area contributed by atoms with Gasteiger partial charge in [0.1, 0.15) is 5.75 Å². The van der Waals surface area contributed by atoms with E-state index in [1.165, 1.54) is 0 Å². The van der Waals surface area contributed by atoms with Gasteiger partial charge in [-0.25, -0.2) is 4.79 Å². The van der Waals surface area contributed by atoms with Crippen LogP contribution in [0.15, 0.2) is 59.7 Å². The highest BCUT2D eigenvalue weighted by Gasteiger charge is 2.34. The number of rotatable bonds is 5. The summed E-state index contributed by atoms with van der Waals surface area (Å²) in [4.78, 5) is 25.8. The number of amides is 2. The number of anilines is 4. The molecular weight excluding hydrogens is 390 g/mol.